The van der Waals surface area contributed by atoms with Gasteiger partial charge in [-0.3, -0.25) is 4.98 Å². The highest BCUT2D eigenvalue weighted by Crippen LogP contribution is 2.38. The molecule has 1 N–H and O–H groups in total. The van der Waals surface area contributed by atoms with Crippen LogP contribution in [0, 0.1) is 17.8 Å². The Morgan fingerprint density at radius 1 is 0.762 bits per heavy atom. The molecule has 42 heavy (non-hydrogen) atoms. The molecule has 1 aromatic carbocycles. The lowest BCUT2D eigenvalue weighted by atomic mass is 9.76. The highest BCUT2D eigenvalue weighted by Gasteiger charge is 2.32. The van der Waals surface area contributed by atoms with Crippen molar-refractivity contribution in [3.8, 4) is 0 Å². The van der Waals surface area contributed by atoms with E-state index in [0.717, 1.165) is 55.8 Å². The Bertz CT molecular complexity index is 1670. The molecule has 0 radical (unpaired) electrons. The van der Waals surface area contributed by atoms with Gasteiger partial charge in [-0.1, -0.05) is 97.2 Å². The smallest absolute Gasteiger partial charge is 0.150 e. The van der Waals surface area contributed by atoms with Crippen molar-refractivity contribution in [2.45, 2.75) is 50.6 Å². The predicted molar refractivity (Wildman–Crippen MR) is 172 cm³/mol. The average molecular weight is 549 g/mol. The molecule has 208 valence electrons. The maximum absolute atomic E-state index is 5.30. The number of pyridine rings is 1. The number of hydrogen-bond acceptors (Lipinski definition) is 4. The first-order valence-electron chi connectivity index (χ1n) is 15.6. The predicted octanol–water partition coefficient (Wildman–Crippen LogP) is 8.01. The number of hydrogen-bond donors (Lipinski definition) is 1. The molecule has 0 spiro atoms. The average Bonchev–Trinajstić information content (AvgIpc) is 3.07. The molecule has 2 heterocycles. The number of nitrogens with one attached hydrogen (secondary N) is 1. The number of aliphatic imine (C=N–C) groups is 2. The number of rotatable bonds is 4. The zero-order chi connectivity index (χ0) is 27.9. The summed E-state index contributed by atoms with van der Waals surface area (Å²) in [5.41, 5.74) is 9.07. The molecule has 0 fully saturated rings. The molecule has 0 saturated carbocycles. The lowest BCUT2D eigenvalue weighted by molar-refractivity contribution is 0.365. The van der Waals surface area contributed by atoms with Crippen molar-refractivity contribution in [3.63, 3.8) is 0 Å². The van der Waals surface area contributed by atoms with Crippen molar-refractivity contribution in [2.24, 2.45) is 27.7 Å². The van der Waals surface area contributed by atoms with E-state index in [-0.39, 0.29) is 18.0 Å². The number of nitrogens with zero attached hydrogens (tertiary/aromatic N) is 3. The van der Waals surface area contributed by atoms with E-state index in [1.807, 2.05) is 12.3 Å². The molecule has 4 nitrogen and oxygen atoms in total. The van der Waals surface area contributed by atoms with Gasteiger partial charge in [0, 0.05) is 29.5 Å². The summed E-state index contributed by atoms with van der Waals surface area (Å²) in [5.74, 6) is 3.50. The van der Waals surface area contributed by atoms with Crippen LogP contribution in [-0.2, 0) is 0 Å². The van der Waals surface area contributed by atoms with Gasteiger partial charge in [0.1, 0.15) is 11.7 Å². The van der Waals surface area contributed by atoms with E-state index in [0.29, 0.717) is 11.8 Å². The zero-order valence-corrected chi connectivity index (χ0v) is 23.9. The van der Waals surface area contributed by atoms with Crippen molar-refractivity contribution >= 4 is 17.7 Å². The van der Waals surface area contributed by atoms with Gasteiger partial charge in [0.2, 0.25) is 0 Å². The first kappa shape index (κ1) is 25.4. The van der Waals surface area contributed by atoms with Crippen molar-refractivity contribution in [2.75, 3.05) is 0 Å². The second-order valence-electron chi connectivity index (χ2n) is 12.2. The van der Waals surface area contributed by atoms with Crippen LogP contribution >= 0.6 is 0 Å². The van der Waals surface area contributed by atoms with Gasteiger partial charge >= 0.3 is 0 Å². The Kier molecular flexibility index (Phi) is 6.55. The Morgan fingerprint density at radius 3 is 2.62 bits per heavy atom. The molecule has 4 heteroatoms. The third kappa shape index (κ3) is 4.79. The van der Waals surface area contributed by atoms with E-state index in [2.05, 4.69) is 102 Å². The van der Waals surface area contributed by atoms with Crippen LogP contribution in [0.25, 0.3) is 6.08 Å². The van der Waals surface area contributed by atoms with E-state index in [9.17, 15) is 0 Å². The van der Waals surface area contributed by atoms with E-state index in [4.69, 9.17) is 15.0 Å². The summed E-state index contributed by atoms with van der Waals surface area (Å²) in [5, 5.41) is 3.69. The first-order valence-corrected chi connectivity index (χ1v) is 15.6. The van der Waals surface area contributed by atoms with Crippen LogP contribution in [-0.4, -0.2) is 22.8 Å². The molecule has 6 aliphatic rings. The van der Waals surface area contributed by atoms with Crippen LogP contribution in [0.3, 0.4) is 0 Å². The van der Waals surface area contributed by atoms with Gasteiger partial charge in [-0.25, -0.2) is 9.98 Å². The Labute approximate surface area is 248 Å². The molecule has 0 bridgehead atoms. The monoisotopic (exact) mass is 548 g/mol. The number of benzene rings is 1. The third-order valence-corrected chi connectivity index (χ3v) is 9.65. The fourth-order valence-corrected chi connectivity index (χ4v) is 7.32. The van der Waals surface area contributed by atoms with Gasteiger partial charge in [-0.05, 0) is 78.4 Å². The van der Waals surface area contributed by atoms with Crippen molar-refractivity contribution < 1.29 is 0 Å². The first-order chi connectivity index (χ1) is 20.8. The van der Waals surface area contributed by atoms with Crippen LogP contribution in [0.15, 0.2) is 130 Å². The second kappa shape index (κ2) is 10.8. The summed E-state index contributed by atoms with van der Waals surface area (Å²) in [7, 11) is 0. The van der Waals surface area contributed by atoms with Gasteiger partial charge in [-0.2, -0.15) is 0 Å². The molecule has 5 unspecified atom stereocenters. The molecule has 1 aromatic heterocycles. The molecule has 0 saturated heterocycles. The minimum Gasteiger partial charge on any atom is -0.325 e. The van der Waals surface area contributed by atoms with Crippen molar-refractivity contribution in [3.05, 3.63) is 142 Å². The molecule has 8 rings (SSSR count). The molecule has 1 aliphatic heterocycles. The summed E-state index contributed by atoms with van der Waals surface area (Å²) in [6.07, 6.45) is 33.4. The quantitative estimate of drug-likeness (QED) is 0.394. The SMILES string of the molecule is C1=CC2C=CC(C3N=C(C4=CC5=C(C=CCC5)CC4)NC(c4ccc(C5CC=Cc6cccnc65)cc4)=N3)CC2C=C1. The number of amidine groups is 2. The lowest BCUT2D eigenvalue weighted by Gasteiger charge is -2.34. The van der Waals surface area contributed by atoms with Gasteiger partial charge in [-0.15, -0.1) is 0 Å². The second-order valence-corrected chi connectivity index (χ2v) is 12.2. The minimum atomic E-state index is -0.130. The van der Waals surface area contributed by atoms with E-state index >= 15 is 0 Å². The summed E-state index contributed by atoms with van der Waals surface area (Å²) in [4.78, 5) is 15.3. The molecule has 2 aromatic rings. The highest BCUT2D eigenvalue weighted by atomic mass is 15.2. The molecule has 5 aliphatic carbocycles. The van der Waals surface area contributed by atoms with Crippen molar-refractivity contribution in [1.29, 1.82) is 0 Å². The molecule has 5 atom stereocenters. The highest BCUT2D eigenvalue weighted by molar-refractivity contribution is 6.16. The lowest BCUT2D eigenvalue weighted by Crippen LogP contribution is -2.40. The minimum absolute atomic E-state index is 0.130. The van der Waals surface area contributed by atoms with Crippen molar-refractivity contribution in [1.82, 2.24) is 10.3 Å². The maximum Gasteiger partial charge on any atom is 0.150 e. The van der Waals surface area contributed by atoms with Crippen LogP contribution < -0.4 is 5.32 Å². The van der Waals surface area contributed by atoms with Gasteiger partial charge in [0.15, 0.2) is 6.17 Å². The maximum atomic E-state index is 5.30. The van der Waals surface area contributed by atoms with Crippen LogP contribution in [0.4, 0.5) is 0 Å². The number of fused-ring (bicyclic) bond motifs is 2. The fraction of sp³-hybridized carbons (Fsp3) is 0.289. The van der Waals surface area contributed by atoms with Crippen LogP contribution in [0.5, 0.6) is 0 Å². The van der Waals surface area contributed by atoms with E-state index < -0.39 is 0 Å². The van der Waals surface area contributed by atoms with Gasteiger partial charge in [0.05, 0.1) is 5.69 Å². The molecule has 0 amide bonds. The van der Waals surface area contributed by atoms with Gasteiger partial charge < -0.3 is 5.32 Å². The Balaban J connectivity index is 1.12. The van der Waals surface area contributed by atoms with Crippen LogP contribution in [0.2, 0.25) is 0 Å². The summed E-state index contributed by atoms with van der Waals surface area (Å²) in [6, 6.07) is 13.2. The van der Waals surface area contributed by atoms with Crippen LogP contribution in [0.1, 0.15) is 66.8 Å². The molecular weight excluding hydrogens is 512 g/mol. The Hall–Kier alpha value is -4.31. The molecular formula is C38H36N4. The summed E-state index contributed by atoms with van der Waals surface area (Å²) in [6.45, 7) is 0. The Morgan fingerprint density at radius 2 is 1.67 bits per heavy atom. The van der Waals surface area contributed by atoms with E-state index in [1.54, 1.807) is 0 Å². The largest absolute Gasteiger partial charge is 0.325 e. The standard InChI is InChI=1S/C38H36N4/c1-3-9-30-23-32(20-14-25(30)7-1)37-40-36(41-38(42-37)33-21-15-26-8-2-4-10-31(26)24-33)29-18-16-27(17-19-29)34-13-5-11-28-12-6-22-39-35(28)34/h1-3,5-9,11-12,14,16-20,22,24-25,30,32,34,37H,4,10,13,15,21,23H2,(H,40,41,42). The topological polar surface area (TPSA) is 49.6 Å². The summed E-state index contributed by atoms with van der Waals surface area (Å²) >= 11 is 0. The van der Waals surface area contributed by atoms with Gasteiger partial charge in [0.25, 0.3) is 0 Å². The number of aromatic nitrogens is 1. The zero-order valence-electron chi connectivity index (χ0n) is 23.9. The normalized spacial score (nSPS) is 29.1. The summed E-state index contributed by atoms with van der Waals surface area (Å²) < 4.78 is 0. The third-order valence-electron chi connectivity index (χ3n) is 9.65. The van der Waals surface area contributed by atoms with E-state index in [1.165, 1.54) is 33.5 Å². The number of allylic oxidation sites excluding steroid dienone is 11. The fourth-order valence-electron chi connectivity index (χ4n) is 7.32.